The van der Waals surface area contributed by atoms with Crippen LogP contribution in [-0.4, -0.2) is 36.7 Å². The lowest BCUT2D eigenvalue weighted by Crippen LogP contribution is -2.43. The van der Waals surface area contributed by atoms with E-state index in [0.717, 1.165) is 16.7 Å². The third-order valence-electron chi connectivity index (χ3n) is 4.88. The Hall–Kier alpha value is -2.25. The normalized spacial score (nSPS) is 16.2. The van der Waals surface area contributed by atoms with Gasteiger partial charge in [-0.1, -0.05) is 35.9 Å². The number of nitrogens with one attached hydrogen (secondary N) is 1. The molecule has 1 aromatic carbocycles. The first-order chi connectivity index (χ1) is 12.9. The van der Waals surface area contributed by atoms with Crippen molar-refractivity contribution in [2.75, 3.05) is 13.1 Å². The van der Waals surface area contributed by atoms with Crippen molar-refractivity contribution in [2.24, 2.45) is 5.92 Å². The molecule has 2 heterocycles. The number of carbonyl (C=O) groups excluding carboxylic acids is 1. The number of aryl methyl sites for hydroxylation is 1. The fourth-order valence-electron chi connectivity index (χ4n) is 3.22. The van der Waals surface area contributed by atoms with Gasteiger partial charge in [0.2, 0.25) is 15.9 Å². The van der Waals surface area contributed by atoms with Gasteiger partial charge in [0.05, 0.1) is 5.75 Å². The van der Waals surface area contributed by atoms with Gasteiger partial charge in [-0.2, -0.15) is 0 Å². The first-order valence-corrected chi connectivity index (χ1v) is 10.7. The van der Waals surface area contributed by atoms with Crippen LogP contribution in [0.3, 0.4) is 0 Å². The van der Waals surface area contributed by atoms with E-state index >= 15 is 0 Å². The maximum atomic E-state index is 12.6. The maximum absolute atomic E-state index is 12.6. The summed E-state index contributed by atoms with van der Waals surface area (Å²) in [6.07, 6.45) is 4.51. The summed E-state index contributed by atoms with van der Waals surface area (Å²) in [4.78, 5) is 16.4. The number of pyridine rings is 1. The summed E-state index contributed by atoms with van der Waals surface area (Å²) in [5.74, 6) is -0.160. The van der Waals surface area contributed by atoms with Crippen molar-refractivity contribution in [3.8, 4) is 0 Å². The zero-order chi connectivity index (χ0) is 19.3. The highest BCUT2D eigenvalue weighted by atomic mass is 32.2. The van der Waals surface area contributed by atoms with E-state index in [1.807, 2.05) is 43.3 Å². The van der Waals surface area contributed by atoms with Crippen LogP contribution in [0.5, 0.6) is 0 Å². The summed E-state index contributed by atoms with van der Waals surface area (Å²) in [6, 6.07) is 11.3. The van der Waals surface area contributed by atoms with Crippen LogP contribution in [0, 0.1) is 12.8 Å². The van der Waals surface area contributed by atoms with Crippen LogP contribution in [0.1, 0.15) is 29.5 Å². The summed E-state index contributed by atoms with van der Waals surface area (Å²) in [6.45, 7) is 3.19. The average molecular weight is 388 g/mol. The number of hydrogen-bond acceptors (Lipinski definition) is 4. The zero-order valence-electron chi connectivity index (χ0n) is 15.5. The van der Waals surface area contributed by atoms with Gasteiger partial charge in [0.25, 0.3) is 0 Å². The van der Waals surface area contributed by atoms with E-state index in [1.54, 1.807) is 12.4 Å². The fourth-order valence-corrected chi connectivity index (χ4v) is 4.78. The summed E-state index contributed by atoms with van der Waals surface area (Å²) >= 11 is 0. The highest BCUT2D eigenvalue weighted by molar-refractivity contribution is 7.88. The Morgan fingerprint density at radius 2 is 1.85 bits per heavy atom. The molecule has 0 aliphatic carbocycles. The minimum Gasteiger partial charge on any atom is -0.352 e. The molecule has 0 saturated carbocycles. The highest BCUT2D eigenvalue weighted by Gasteiger charge is 2.31. The molecule has 1 amide bonds. The monoisotopic (exact) mass is 387 g/mol. The predicted octanol–water partition coefficient (Wildman–Crippen LogP) is 2.25. The predicted molar refractivity (Wildman–Crippen MR) is 104 cm³/mol. The van der Waals surface area contributed by atoms with Crippen molar-refractivity contribution >= 4 is 15.9 Å². The van der Waals surface area contributed by atoms with E-state index < -0.39 is 10.0 Å². The zero-order valence-corrected chi connectivity index (χ0v) is 16.3. The largest absolute Gasteiger partial charge is 0.352 e. The second-order valence-electron chi connectivity index (χ2n) is 6.99. The fraction of sp³-hybridized carbons (Fsp3) is 0.400. The van der Waals surface area contributed by atoms with Crippen LogP contribution in [0.15, 0.2) is 48.8 Å². The smallest absolute Gasteiger partial charge is 0.223 e. The summed E-state index contributed by atoms with van der Waals surface area (Å²) < 4.78 is 26.8. The van der Waals surface area contributed by atoms with E-state index in [-0.39, 0.29) is 17.6 Å². The second-order valence-corrected chi connectivity index (χ2v) is 8.96. The van der Waals surface area contributed by atoms with Gasteiger partial charge >= 0.3 is 0 Å². The van der Waals surface area contributed by atoms with E-state index in [1.165, 1.54) is 4.31 Å². The number of benzene rings is 1. The van der Waals surface area contributed by atoms with Crippen LogP contribution in [0.2, 0.25) is 0 Å². The van der Waals surface area contributed by atoms with Crippen molar-refractivity contribution < 1.29 is 13.2 Å². The Labute approximate surface area is 160 Å². The first-order valence-electron chi connectivity index (χ1n) is 9.14. The highest BCUT2D eigenvalue weighted by Crippen LogP contribution is 2.22. The molecule has 144 valence electrons. The number of amides is 1. The maximum Gasteiger partial charge on any atom is 0.223 e. The van der Waals surface area contributed by atoms with Gasteiger partial charge in [-0.15, -0.1) is 0 Å². The van der Waals surface area contributed by atoms with Crippen LogP contribution in [0.25, 0.3) is 0 Å². The molecule has 0 radical (unpaired) electrons. The number of aromatic nitrogens is 1. The Morgan fingerprint density at radius 3 is 2.48 bits per heavy atom. The van der Waals surface area contributed by atoms with Gasteiger partial charge in [-0.3, -0.25) is 9.78 Å². The van der Waals surface area contributed by atoms with Gasteiger partial charge in [-0.05, 0) is 37.0 Å². The van der Waals surface area contributed by atoms with Crippen molar-refractivity contribution in [3.05, 3.63) is 65.5 Å². The van der Waals surface area contributed by atoms with Crippen molar-refractivity contribution in [3.63, 3.8) is 0 Å². The quantitative estimate of drug-likeness (QED) is 0.824. The molecule has 7 heteroatoms. The van der Waals surface area contributed by atoms with Crippen LogP contribution in [0.4, 0.5) is 0 Å². The molecule has 0 atom stereocenters. The number of carbonyl (C=O) groups is 1. The second kappa shape index (κ2) is 8.63. The van der Waals surface area contributed by atoms with Gasteiger partial charge < -0.3 is 5.32 Å². The van der Waals surface area contributed by atoms with Gasteiger partial charge in [0.1, 0.15) is 0 Å². The van der Waals surface area contributed by atoms with Crippen LogP contribution in [-0.2, 0) is 27.1 Å². The van der Waals surface area contributed by atoms with Gasteiger partial charge in [0, 0.05) is 37.9 Å². The molecule has 3 rings (SSSR count). The van der Waals surface area contributed by atoms with E-state index in [2.05, 4.69) is 10.3 Å². The van der Waals surface area contributed by atoms with Crippen molar-refractivity contribution in [2.45, 2.75) is 32.1 Å². The Balaban J connectivity index is 1.50. The van der Waals surface area contributed by atoms with Gasteiger partial charge in [-0.25, -0.2) is 12.7 Å². The lowest BCUT2D eigenvalue weighted by atomic mass is 9.97. The van der Waals surface area contributed by atoms with Crippen molar-refractivity contribution in [1.82, 2.24) is 14.6 Å². The number of nitrogens with zero attached hydrogens (tertiary/aromatic N) is 2. The lowest BCUT2D eigenvalue weighted by molar-refractivity contribution is -0.126. The molecule has 1 aliphatic heterocycles. The summed E-state index contributed by atoms with van der Waals surface area (Å²) in [5.41, 5.74) is 2.84. The molecule has 1 saturated heterocycles. The van der Waals surface area contributed by atoms with E-state index in [4.69, 9.17) is 0 Å². The lowest BCUT2D eigenvalue weighted by Gasteiger charge is -2.30. The molecule has 1 aromatic heterocycles. The minimum absolute atomic E-state index is 0.00511. The van der Waals surface area contributed by atoms with E-state index in [9.17, 15) is 13.2 Å². The van der Waals surface area contributed by atoms with Crippen molar-refractivity contribution in [1.29, 1.82) is 0 Å². The Morgan fingerprint density at radius 1 is 1.15 bits per heavy atom. The van der Waals surface area contributed by atoms with Crippen LogP contribution < -0.4 is 5.32 Å². The number of rotatable bonds is 6. The number of piperidine rings is 1. The standard InChI is InChI=1S/C20H25N3O3S/c1-16-4-6-17(7-5-16)15-27(25,26)23-11-8-19(9-12-23)20(24)22-14-18-3-2-10-21-13-18/h2-7,10,13,19H,8-9,11-12,14-15H2,1H3,(H,22,24). The van der Waals surface area contributed by atoms with Gasteiger partial charge in [0.15, 0.2) is 0 Å². The summed E-state index contributed by atoms with van der Waals surface area (Å²) in [7, 11) is -3.36. The molecular weight excluding hydrogens is 362 g/mol. The molecule has 6 nitrogen and oxygen atoms in total. The van der Waals surface area contributed by atoms with E-state index in [0.29, 0.717) is 32.5 Å². The molecule has 1 N–H and O–H groups in total. The molecule has 0 spiro atoms. The molecule has 0 unspecified atom stereocenters. The first kappa shape index (κ1) is 19.5. The molecule has 1 aliphatic rings. The Bertz CT molecular complexity index is 859. The molecule has 2 aromatic rings. The molecule has 1 fully saturated rings. The minimum atomic E-state index is -3.36. The molecule has 0 bridgehead atoms. The number of sulfonamides is 1. The average Bonchev–Trinajstić information content (AvgIpc) is 2.69. The SMILES string of the molecule is Cc1ccc(CS(=O)(=O)N2CCC(C(=O)NCc3cccnc3)CC2)cc1. The Kier molecular flexibility index (Phi) is 6.23. The number of hydrogen-bond donors (Lipinski definition) is 1. The van der Waals surface area contributed by atoms with Crippen LogP contribution >= 0.6 is 0 Å². The molecular formula is C20H25N3O3S. The third-order valence-corrected chi connectivity index (χ3v) is 6.73. The summed E-state index contributed by atoms with van der Waals surface area (Å²) in [5, 5.41) is 2.92. The topological polar surface area (TPSA) is 79.4 Å². The third kappa shape index (κ3) is 5.37. The molecule has 27 heavy (non-hydrogen) atoms.